The number of anilines is 1. The second-order valence-corrected chi connectivity index (χ2v) is 2.91. The molecule has 1 aromatic rings. The van der Waals surface area contributed by atoms with Gasteiger partial charge in [-0.15, -0.1) is 0 Å². The predicted molar refractivity (Wildman–Crippen MR) is 59.1 cm³/mol. The Morgan fingerprint density at radius 1 is 1.31 bits per heavy atom. The van der Waals surface area contributed by atoms with Gasteiger partial charge in [0.05, 0.1) is 7.11 Å². The van der Waals surface area contributed by atoms with Crippen LogP contribution >= 0.6 is 0 Å². The molecule has 0 aliphatic rings. The number of nitrogens with one attached hydrogen (secondary N) is 1. The van der Waals surface area contributed by atoms with Gasteiger partial charge in [-0.2, -0.15) is 0 Å². The Morgan fingerprint density at radius 2 is 1.94 bits per heavy atom. The van der Waals surface area contributed by atoms with Crippen LogP contribution in [0.25, 0.3) is 6.08 Å². The van der Waals surface area contributed by atoms with Crippen molar-refractivity contribution < 1.29 is 19.4 Å². The molecule has 0 spiro atoms. The fourth-order valence-corrected chi connectivity index (χ4v) is 1.01. The number of methoxy groups -OCH3 is 1. The van der Waals surface area contributed by atoms with Gasteiger partial charge in [0.15, 0.2) is 0 Å². The SMILES string of the molecule is COC(=O)Nc1ccc(/C=C/C(=O)O)cc1. The van der Waals surface area contributed by atoms with Crippen LogP contribution in [-0.4, -0.2) is 24.3 Å². The van der Waals surface area contributed by atoms with Crippen molar-refractivity contribution in [1.29, 1.82) is 0 Å². The molecule has 0 saturated heterocycles. The molecule has 2 N–H and O–H groups in total. The molecule has 0 aliphatic heterocycles. The number of amides is 1. The average Bonchev–Trinajstić information content (AvgIpc) is 2.28. The maximum absolute atomic E-state index is 10.9. The van der Waals surface area contributed by atoms with E-state index < -0.39 is 12.1 Å². The lowest BCUT2D eigenvalue weighted by Gasteiger charge is -2.03. The first-order chi connectivity index (χ1) is 7.61. The maximum Gasteiger partial charge on any atom is 0.411 e. The zero-order valence-corrected chi connectivity index (χ0v) is 8.64. The molecule has 0 aliphatic carbocycles. The minimum absolute atomic E-state index is 0.547. The summed E-state index contributed by atoms with van der Waals surface area (Å²) in [5, 5.41) is 10.9. The summed E-state index contributed by atoms with van der Waals surface area (Å²) in [5.41, 5.74) is 1.32. The lowest BCUT2D eigenvalue weighted by molar-refractivity contribution is -0.131. The van der Waals surface area contributed by atoms with Crippen LogP contribution in [0.15, 0.2) is 30.3 Å². The monoisotopic (exact) mass is 221 g/mol. The van der Waals surface area contributed by atoms with Crippen LogP contribution in [0.5, 0.6) is 0 Å². The van der Waals surface area contributed by atoms with Crippen molar-refractivity contribution >= 4 is 23.8 Å². The molecule has 1 aromatic carbocycles. The van der Waals surface area contributed by atoms with Crippen molar-refractivity contribution in [1.82, 2.24) is 0 Å². The summed E-state index contributed by atoms with van der Waals surface area (Å²) in [7, 11) is 1.28. The molecular weight excluding hydrogens is 210 g/mol. The van der Waals surface area contributed by atoms with Gasteiger partial charge in [-0.3, -0.25) is 5.32 Å². The van der Waals surface area contributed by atoms with Crippen LogP contribution in [0.4, 0.5) is 10.5 Å². The summed E-state index contributed by atoms with van der Waals surface area (Å²) in [5.74, 6) is -1.00. The zero-order chi connectivity index (χ0) is 12.0. The number of carbonyl (C=O) groups excluding carboxylic acids is 1. The molecular formula is C11H11NO4. The molecule has 16 heavy (non-hydrogen) atoms. The zero-order valence-electron chi connectivity index (χ0n) is 8.64. The van der Waals surface area contributed by atoms with E-state index >= 15 is 0 Å². The van der Waals surface area contributed by atoms with Gasteiger partial charge in [-0.05, 0) is 23.8 Å². The Bertz CT molecular complexity index is 408. The molecule has 0 fully saturated rings. The molecule has 0 atom stereocenters. The third-order valence-electron chi connectivity index (χ3n) is 1.76. The van der Waals surface area contributed by atoms with Crippen molar-refractivity contribution in [2.45, 2.75) is 0 Å². The average molecular weight is 221 g/mol. The van der Waals surface area contributed by atoms with Crippen LogP contribution in [0.3, 0.4) is 0 Å². The van der Waals surface area contributed by atoms with Gasteiger partial charge in [-0.25, -0.2) is 9.59 Å². The number of carbonyl (C=O) groups is 2. The third-order valence-corrected chi connectivity index (χ3v) is 1.76. The van der Waals surface area contributed by atoms with Gasteiger partial charge in [0.1, 0.15) is 0 Å². The van der Waals surface area contributed by atoms with Crippen LogP contribution in [0, 0.1) is 0 Å². The quantitative estimate of drug-likeness (QED) is 0.765. The normalized spacial score (nSPS) is 10.1. The van der Waals surface area contributed by atoms with Gasteiger partial charge in [0.2, 0.25) is 0 Å². The largest absolute Gasteiger partial charge is 0.478 e. The van der Waals surface area contributed by atoms with Gasteiger partial charge in [-0.1, -0.05) is 12.1 Å². The number of hydrogen-bond donors (Lipinski definition) is 2. The van der Waals surface area contributed by atoms with E-state index in [4.69, 9.17) is 5.11 Å². The molecule has 1 amide bonds. The Balaban J connectivity index is 2.68. The van der Waals surface area contributed by atoms with Crippen molar-refractivity contribution in [2.75, 3.05) is 12.4 Å². The first-order valence-electron chi connectivity index (χ1n) is 4.48. The lowest BCUT2D eigenvalue weighted by Crippen LogP contribution is -2.10. The van der Waals surface area contributed by atoms with E-state index in [1.807, 2.05) is 0 Å². The first kappa shape index (κ1) is 11.8. The standard InChI is InChI=1S/C11H11NO4/c1-16-11(15)12-9-5-2-8(3-6-9)4-7-10(13)14/h2-7H,1H3,(H,12,15)(H,13,14)/b7-4+. The minimum Gasteiger partial charge on any atom is -0.478 e. The molecule has 0 unspecified atom stereocenters. The summed E-state index contributed by atoms with van der Waals surface area (Å²) in [6.07, 6.45) is 1.96. The molecule has 5 heteroatoms. The molecule has 0 aromatic heterocycles. The van der Waals surface area contributed by atoms with Crippen molar-refractivity contribution in [2.24, 2.45) is 0 Å². The Labute approximate surface area is 92.3 Å². The third kappa shape index (κ3) is 3.83. The van der Waals surface area contributed by atoms with Crippen LogP contribution in [0.2, 0.25) is 0 Å². The maximum atomic E-state index is 10.9. The molecule has 0 saturated carbocycles. The first-order valence-corrected chi connectivity index (χ1v) is 4.48. The number of benzene rings is 1. The molecule has 5 nitrogen and oxygen atoms in total. The number of carboxylic acids is 1. The van der Waals surface area contributed by atoms with Crippen LogP contribution in [0.1, 0.15) is 5.56 Å². The second kappa shape index (κ2) is 5.55. The summed E-state index contributed by atoms with van der Waals surface area (Å²) in [6.45, 7) is 0. The number of rotatable bonds is 3. The lowest BCUT2D eigenvalue weighted by atomic mass is 10.2. The van der Waals surface area contributed by atoms with E-state index in [9.17, 15) is 9.59 Å². The topological polar surface area (TPSA) is 75.6 Å². The van der Waals surface area contributed by atoms with E-state index in [2.05, 4.69) is 10.1 Å². The molecule has 0 heterocycles. The van der Waals surface area contributed by atoms with E-state index in [1.54, 1.807) is 24.3 Å². The Hall–Kier alpha value is -2.30. The molecule has 84 valence electrons. The van der Waals surface area contributed by atoms with Gasteiger partial charge in [0.25, 0.3) is 0 Å². The smallest absolute Gasteiger partial charge is 0.411 e. The highest BCUT2D eigenvalue weighted by molar-refractivity contribution is 5.86. The van der Waals surface area contributed by atoms with E-state index in [0.717, 1.165) is 11.6 Å². The van der Waals surface area contributed by atoms with Crippen LogP contribution in [-0.2, 0) is 9.53 Å². The van der Waals surface area contributed by atoms with Crippen molar-refractivity contribution in [3.63, 3.8) is 0 Å². The molecule has 0 bridgehead atoms. The summed E-state index contributed by atoms with van der Waals surface area (Å²) in [6, 6.07) is 6.67. The van der Waals surface area contributed by atoms with Gasteiger partial charge < -0.3 is 9.84 Å². The fraction of sp³-hybridized carbons (Fsp3) is 0.0909. The van der Waals surface area contributed by atoms with Gasteiger partial charge >= 0.3 is 12.1 Å². The minimum atomic E-state index is -1.00. The summed E-state index contributed by atoms with van der Waals surface area (Å²) >= 11 is 0. The molecule has 1 rings (SSSR count). The number of carboxylic acid groups (broad SMARTS) is 1. The highest BCUT2D eigenvalue weighted by atomic mass is 16.5. The predicted octanol–water partition coefficient (Wildman–Crippen LogP) is 1.96. The number of ether oxygens (including phenoxy) is 1. The Morgan fingerprint density at radius 3 is 2.44 bits per heavy atom. The van der Waals surface area contributed by atoms with Crippen molar-refractivity contribution in [3.8, 4) is 0 Å². The van der Waals surface area contributed by atoms with Gasteiger partial charge in [0, 0.05) is 11.8 Å². The van der Waals surface area contributed by atoms with E-state index in [1.165, 1.54) is 13.2 Å². The number of aliphatic carboxylic acids is 1. The fourth-order valence-electron chi connectivity index (χ4n) is 1.01. The summed E-state index contributed by atoms with van der Waals surface area (Å²) < 4.78 is 4.42. The second-order valence-electron chi connectivity index (χ2n) is 2.91. The highest BCUT2D eigenvalue weighted by Crippen LogP contribution is 2.10. The van der Waals surface area contributed by atoms with Crippen LogP contribution < -0.4 is 5.32 Å². The number of hydrogen-bond acceptors (Lipinski definition) is 3. The van der Waals surface area contributed by atoms with E-state index in [-0.39, 0.29) is 0 Å². The summed E-state index contributed by atoms with van der Waals surface area (Å²) in [4.78, 5) is 21.1. The Kier molecular flexibility index (Phi) is 4.08. The highest BCUT2D eigenvalue weighted by Gasteiger charge is 1.99. The molecule has 0 radical (unpaired) electrons. The van der Waals surface area contributed by atoms with E-state index in [0.29, 0.717) is 5.69 Å². The van der Waals surface area contributed by atoms with Crippen molar-refractivity contribution in [3.05, 3.63) is 35.9 Å².